The summed E-state index contributed by atoms with van der Waals surface area (Å²) in [6, 6.07) is 8.22. The SMILES string of the molecule is CCc1ccc(CC(=O)C2(c3ccc4c(c3)OC(F)(F)O4)CC2)nc1Cl. The first-order chi connectivity index (χ1) is 12.3. The van der Waals surface area contributed by atoms with Crippen molar-refractivity contribution in [3.8, 4) is 11.5 Å². The topological polar surface area (TPSA) is 48.4 Å². The Labute approximate surface area is 154 Å². The van der Waals surface area contributed by atoms with E-state index < -0.39 is 11.7 Å². The van der Waals surface area contributed by atoms with Gasteiger partial charge in [0, 0.05) is 12.1 Å². The number of alkyl halides is 2. The fourth-order valence-electron chi connectivity index (χ4n) is 3.30. The molecule has 26 heavy (non-hydrogen) atoms. The van der Waals surface area contributed by atoms with Crippen LogP contribution in [0.15, 0.2) is 30.3 Å². The van der Waals surface area contributed by atoms with Gasteiger partial charge in [0.1, 0.15) is 10.9 Å². The molecule has 0 atom stereocenters. The third-order valence-electron chi connectivity index (χ3n) is 4.94. The molecule has 1 fully saturated rings. The zero-order chi connectivity index (χ0) is 18.5. The number of hydrogen-bond donors (Lipinski definition) is 0. The average Bonchev–Trinajstić information content (AvgIpc) is 3.32. The van der Waals surface area contributed by atoms with E-state index in [9.17, 15) is 13.6 Å². The van der Waals surface area contributed by atoms with Gasteiger partial charge in [-0.2, -0.15) is 0 Å². The average molecular weight is 380 g/mol. The standard InChI is InChI=1S/C19H16ClF2NO3/c1-2-11-3-5-13(23-17(11)20)10-16(24)18(7-8-18)12-4-6-14-15(9-12)26-19(21,22)25-14/h3-6,9H,2,7-8,10H2,1H3. The maximum absolute atomic E-state index is 13.2. The molecule has 7 heteroatoms. The molecule has 1 aliphatic heterocycles. The van der Waals surface area contributed by atoms with Gasteiger partial charge in [0.25, 0.3) is 0 Å². The third kappa shape index (κ3) is 2.92. The first kappa shape index (κ1) is 17.2. The summed E-state index contributed by atoms with van der Waals surface area (Å²) in [5.74, 6) is -0.0680. The summed E-state index contributed by atoms with van der Waals surface area (Å²) in [6.07, 6.45) is -1.41. The number of Topliss-reactive ketones (excluding diaryl/α,β-unsaturated/α-hetero) is 1. The number of aryl methyl sites for hydroxylation is 1. The number of ether oxygens (including phenoxy) is 2. The molecule has 0 N–H and O–H groups in total. The van der Waals surface area contributed by atoms with Crippen LogP contribution < -0.4 is 9.47 Å². The molecule has 0 radical (unpaired) electrons. The molecule has 0 amide bonds. The van der Waals surface area contributed by atoms with E-state index in [0.29, 0.717) is 29.3 Å². The van der Waals surface area contributed by atoms with Crippen LogP contribution in [0.5, 0.6) is 11.5 Å². The predicted molar refractivity (Wildman–Crippen MR) is 90.9 cm³/mol. The lowest BCUT2D eigenvalue weighted by molar-refractivity contribution is -0.286. The minimum atomic E-state index is -3.66. The zero-order valence-electron chi connectivity index (χ0n) is 14.0. The van der Waals surface area contributed by atoms with Crippen LogP contribution in [0.4, 0.5) is 8.78 Å². The highest BCUT2D eigenvalue weighted by Crippen LogP contribution is 2.52. The number of halogens is 3. The number of benzene rings is 1. The lowest BCUT2D eigenvalue weighted by atomic mass is 9.88. The molecule has 2 heterocycles. The van der Waals surface area contributed by atoms with Crippen molar-refractivity contribution >= 4 is 17.4 Å². The molecule has 1 saturated carbocycles. The Bertz CT molecular complexity index is 896. The number of fused-ring (bicyclic) bond motifs is 1. The lowest BCUT2D eigenvalue weighted by Gasteiger charge is -2.15. The fourth-order valence-corrected chi connectivity index (χ4v) is 3.60. The van der Waals surface area contributed by atoms with Gasteiger partial charge in [-0.3, -0.25) is 4.79 Å². The van der Waals surface area contributed by atoms with E-state index in [4.69, 9.17) is 11.6 Å². The van der Waals surface area contributed by atoms with E-state index in [1.807, 2.05) is 13.0 Å². The van der Waals surface area contributed by atoms with Crippen molar-refractivity contribution in [3.05, 3.63) is 52.3 Å². The Morgan fingerprint density at radius 3 is 2.58 bits per heavy atom. The van der Waals surface area contributed by atoms with Gasteiger partial charge >= 0.3 is 6.29 Å². The van der Waals surface area contributed by atoms with Gasteiger partial charge in [-0.1, -0.05) is 30.7 Å². The van der Waals surface area contributed by atoms with Crippen LogP contribution in [0.2, 0.25) is 5.15 Å². The van der Waals surface area contributed by atoms with Crippen LogP contribution in [0, 0.1) is 0 Å². The molecule has 0 bridgehead atoms. The van der Waals surface area contributed by atoms with Crippen molar-refractivity contribution < 1.29 is 23.0 Å². The van der Waals surface area contributed by atoms with Crippen molar-refractivity contribution in [1.82, 2.24) is 4.98 Å². The van der Waals surface area contributed by atoms with Crippen molar-refractivity contribution in [2.75, 3.05) is 0 Å². The van der Waals surface area contributed by atoms with Crippen LogP contribution in [-0.4, -0.2) is 17.1 Å². The Kier molecular flexibility index (Phi) is 3.91. The van der Waals surface area contributed by atoms with Gasteiger partial charge in [0.2, 0.25) is 0 Å². The fraction of sp³-hybridized carbons (Fsp3) is 0.368. The molecular formula is C19H16ClF2NO3. The number of carbonyl (C=O) groups is 1. The quantitative estimate of drug-likeness (QED) is 0.719. The van der Waals surface area contributed by atoms with Crippen LogP contribution in [0.3, 0.4) is 0 Å². The minimum Gasteiger partial charge on any atom is -0.395 e. The third-order valence-corrected chi connectivity index (χ3v) is 5.27. The molecular weight excluding hydrogens is 364 g/mol. The zero-order valence-corrected chi connectivity index (χ0v) is 14.8. The van der Waals surface area contributed by atoms with Crippen LogP contribution >= 0.6 is 11.6 Å². The molecule has 4 rings (SSSR count). The monoisotopic (exact) mass is 379 g/mol. The summed E-state index contributed by atoms with van der Waals surface area (Å²) in [6.45, 7) is 1.98. The molecule has 1 aromatic carbocycles. The highest BCUT2D eigenvalue weighted by molar-refractivity contribution is 6.30. The summed E-state index contributed by atoms with van der Waals surface area (Å²) < 4.78 is 35.3. The maximum Gasteiger partial charge on any atom is 0.586 e. The molecule has 2 aliphatic rings. The number of carbonyl (C=O) groups excluding carboxylic acids is 1. The molecule has 1 aromatic heterocycles. The first-order valence-corrected chi connectivity index (χ1v) is 8.79. The molecule has 1 aliphatic carbocycles. The number of rotatable bonds is 5. The second-order valence-electron chi connectivity index (χ2n) is 6.62. The molecule has 0 spiro atoms. The van der Waals surface area contributed by atoms with E-state index in [2.05, 4.69) is 14.5 Å². The van der Waals surface area contributed by atoms with Gasteiger partial charge in [-0.15, -0.1) is 8.78 Å². The van der Waals surface area contributed by atoms with E-state index in [1.54, 1.807) is 12.1 Å². The van der Waals surface area contributed by atoms with E-state index >= 15 is 0 Å². The molecule has 0 unspecified atom stereocenters. The second-order valence-corrected chi connectivity index (χ2v) is 6.98. The van der Waals surface area contributed by atoms with Crippen LogP contribution in [-0.2, 0) is 23.1 Å². The van der Waals surface area contributed by atoms with Crippen molar-refractivity contribution in [3.63, 3.8) is 0 Å². The Morgan fingerprint density at radius 1 is 1.19 bits per heavy atom. The maximum atomic E-state index is 13.2. The predicted octanol–water partition coefficient (Wildman–Crippen LogP) is 4.46. The van der Waals surface area contributed by atoms with Gasteiger partial charge < -0.3 is 9.47 Å². The van der Waals surface area contributed by atoms with Gasteiger partial charge in [-0.25, -0.2) is 4.98 Å². The number of ketones is 1. The highest BCUT2D eigenvalue weighted by Gasteiger charge is 2.52. The summed E-state index contributed by atoms with van der Waals surface area (Å²) in [5.41, 5.74) is 1.53. The Morgan fingerprint density at radius 2 is 1.92 bits per heavy atom. The number of aromatic nitrogens is 1. The summed E-state index contributed by atoms with van der Waals surface area (Å²) in [4.78, 5) is 17.2. The normalized spacial score (nSPS) is 18.6. The Hall–Kier alpha value is -2.21. The summed E-state index contributed by atoms with van der Waals surface area (Å²) in [7, 11) is 0. The molecule has 2 aromatic rings. The van der Waals surface area contributed by atoms with Crippen molar-refractivity contribution in [1.29, 1.82) is 0 Å². The van der Waals surface area contributed by atoms with E-state index in [0.717, 1.165) is 12.0 Å². The summed E-state index contributed by atoms with van der Waals surface area (Å²) >= 11 is 6.13. The van der Waals surface area contributed by atoms with Gasteiger partial charge in [0.15, 0.2) is 11.5 Å². The highest BCUT2D eigenvalue weighted by atomic mass is 35.5. The first-order valence-electron chi connectivity index (χ1n) is 8.41. The largest absolute Gasteiger partial charge is 0.586 e. The number of hydrogen-bond acceptors (Lipinski definition) is 4. The molecule has 4 nitrogen and oxygen atoms in total. The van der Waals surface area contributed by atoms with Crippen molar-refractivity contribution in [2.24, 2.45) is 0 Å². The number of nitrogens with zero attached hydrogens (tertiary/aromatic N) is 1. The van der Waals surface area contributed by atoms with E-state index in [-0.39, 0.29) is 23.7 Å². The van der Waals surface area contributed by atoms with Gasteiger partial charge in [0.05, 0.1) is 5.41 Å². The minimum absolute atomic E-state index is 0.00376. The van der Waals surface area contributed by atoms with Gasteiger partial charge in [-0.05, 0) is 48.6 Å². The lowest BCUT2D eigenvalue weighted by Crippen LogP contribution is -2.26. The Balaban J connectivity index is 1.56. The van der Waals surface area contributed by atoms with E-state index in [1.165, 1.54) is 12.1 Å². The summed E-state index contributed by atoms with van der Waals surface area (Å²) in [5, 5.41) is 0.410. The number of pyridine rings is 1. The second kappa shape index (κ2) is 5.91. The molecule has 0 saturated heterocycles. The van der Waals surface area contributed by atoms with Crippen molar-refractivity contribution in [2.45, 2.75) is 44.3 Å². The van der Waals surface area contributed by atoms with Crippen LogP contribution in [0.1, 0.15) is 36.6 Å². The molecule has 136 valence electrons. The van der Waals surface area contributed by atoms with Crippen LogP contribution in [0.25, 0.3) is 0 Å². The smallest absolute Gasteiger partial charge is 0.395 e.